The van der Waals surface area contributed by atoms with E-state index in [4.69, 9.17) is 16.2 Å². The molecule has 0 saturated heterocycles. The van der Waals surface area contributed by atoms with Crippen LogP contribution < -0.4 is 11.5 Å². The van der Waals surface area contributed by atoms with Crippen molar-refractivity contribution in [1.82, 2.24) is 10.2 Å². The number of anilines is 2. The molecule has 11 heavy (non-hydrogen) atoms. The van der Waals surface area contributed by atoms with Crippen LogP contribution in [-0.2, 0) is 11.3 Å². The Kier molecular flexibility index (Phi) is 2.22. The number of methoxy groups -OCH3 is 1. The molecule has 5 heteroatoms. The van der Waals surface area contributed by atoms with Gasteiger partial charge in [-0.2, -0.15) is 5.10 Å². The van der Waals surface area contributed by atoms with E-state index in [2.05, 4.69) is 10.2 Å². The molecule has 0 fully saturated rings. The molecule has 1 heterocycles. The van der Waals surface area contributed by atoms with Gasteiger partial charge in [0.1, 0.15) is 0 Å². The third-order valence-corrected chi connectivity index (χ3v) is 1.20. The Balaban J connectivity index is 2.86. The van der Waals surface area contributed by atoms with Gasteiger partial charge in [0.15, 0.2) is 5.82 Å². The van der Waals surface area contributed by atoms with Crippen molar-refractivity contribution in [1.29, 1.82) is 0 Å². The van der Waals surface area contributed by atoms with Gasteiger partial charge in [0.05, 0.1) is 18.0 Å². The maximum atomic E-state index is 5.47. The van der Waals surface area contributed by atoms with E-state index < -0.39 is 0 Å². The molecule has 0 aliphatic rings. The Morgan fingerprint density at radius 2 is 2.18 bits per heavy atom. The third kappa shape index (κ3) is 1.78. The first-order valence-corrected chi connectivity index (χ1v) is 3.10. The number of nitrogens with two attached hydrogens (primary N) is 2. The normalized spacial score (nSPS) is 9.91. The van der Waals surface area contributed by atoms with Gasteiger partial charge >= 0.3 is 0 Å². The number of nitrogens with zero attached hydrogens (tertiary/aromatic N) is 2. The SMILES string of the molecule is COCc1cc(N)c(N)nn1. The topological polar surface area (TPSA) is 87.0 Å². The Morgan fingerprint density at radius 3 is 2.73 bits per heavy atom. The summed E-state index contributed by atoms with van der Waals surface area (Å²) in [6, 6.07) is 1.64. The molecule has 0 aromatic carbocycles. The Morgan fingerprint density at radius 1 is 1.45 bits per heavy atom. The summed E-state index contributed by atoms with van der Waals surface area (Å²) in [6.45, 7) is 0.400. The lowest BCUT2D eigenvalue weighted by atomic mass is 10.3. The second kappa shape index (κ2) is 3.16. The Labute approximate surface area is 64.4 Å². The molecule has 5 nitrogen and oxygen atoms in total. The van der Waals surface area contributed by atoms with Gasteiger partial charge in [0.25, 0.3) is 0 Å². The van der Waals surface area contributed by atoms with Gasteiger partial charge in [-0.25, -0.2) is 0 Å². The van der Waals surface area contributed by atoms with E-state index in [1.165, 1.54) is 0 Å². The number of nitrogen functional groups attached to an aromatic ring is 2. The lowest BCUT2D eigenvalue weighted by molar-refractivity contribution is 0.181. The van der Waals surface area contributed by atoms with Gasteiger partial charge in [0, 0.05) is 7.11 Å². The largest absolute Gasteiger partial charge is 0.396 e. The molecule has 1 aromatic heterocycles. The zero-order valence-corrected chi connectivity index (χ0v) is 6.24. The molecular formula is C6H10N4O. The highest BCUT2D eigenvalue weighted by Gasteiger charge is 1.98. The van der Waals surface area contributed by atoms with E-state index in [-0.39, 0.29) is 5.82 Å². The van der Waals surface area contributed by atoms with Crippen LogP contribution in [0.2, 0.25) is 0 Å². The molecule has 0 saturated carbocycles. The summed E-state index contributed by atoms with van der Waals surface area (Å²) >= 11 is 0. The highest BCUT2D eigenvalue weighted by atomic mass is 16.5. The average Bonchev–Trinajstić information content (AvgIpc) is 1.98. The summed E-state index contributed by atoms with van der Waals surface area (Å²) in [4.78, 5) is 0. The van der Waals surface area contributed by atoms with Crippen molar-refractivity contribution in [2.45, 2.75) is 6.61 Å². The molecule has 0 unspecified atom stereocenters. The second-order valence-electron chi connectivity index (χ2n) is 2.11. The fraction of sp³-hybridized carbons (Fsp3) is 0.333. The fourth-order valence-electron chi connectivity index (χ4n) is 0.677. The molecule has 1 aromatic rings. The number of hydrogen-bond acceptors (Lipinski definition) is 5. The first-order valence-electron chi connectivity index (χ1n) is 3.10. The monoisotopic (exact) mass is 154 g/mol. The van der Waals surface area contributed by atoms with Crippen LogP contribution >= 0.6 is 0 Å². The van der Waals surface area contributed by atoms with Crippen LogP contribution in [0.25, 0.3) is 0 Å². The third-order valence-electron chi connectivity index (χ3n) is 1.20. The van der Waals surface area contributed by atoms with Crippen LogP contribution in [0.3, 0.4) is 0 Å². The average molecular weight is 154 g/mol. The van der Waals surface area contributed by atoms with Crippen molar-refractivity contribution >= 4 is 11.5 Å². The Hall–Kier alpha value is -1.36. The predicted octanol–water partition coefficient (Wildman–Crippen LogP) is -0.213. The fourth-order valence-corrected chi connectivity index (χ4v) is 0.677. The van der Waals surface area contributed by atoms with Gasteiger partial charge in [-0.05, 0) is 6.07 Å². The van der Waals surface area contributed by atoms with Crippen LogP contribution in [-0.4, -0.2) is 17.3 Å². The Bertz CT molecular complexity index is 250. The first kappa shape index (κ1) is 7.74. The second-order valence-corrected chi connectivity index (χ2v) is 2.11. The van der Waals surface area contributed by atoms with Crippen LogP contribution in [0, 0.1) is 0 Å². The van der Waals surface area contributed by atoms with Crippen LogP contribution in [0.4, 0.5) is 11.5 Å². The van der Waals surface area contributed by atoms with Crippen molar-refractivity contribution in [2.24, 2.45) is 0 Å². The lowest BCUT2D eigenvalue weighted by Crippen LogP contribution is -2.03. The quantitative estimate of drug-likeness (QED) is 0.615. The summed E-state index contributed by atoms with van der Waals surface area (Å²) in [5.41, 5.74) is 11.9. The molecule has 0 bridgehead atoms. The lowest BCUT2D eigenvalue weighted by Gasteiger charge is -2.00. The van der Waals surface area contributed by atoms with E-state index in [0.29, 0.717) is 18.0 Å². The molecule has 0 amide bonds. The van der Waals surface area contributed by atoms with Gasteiger partial charge in [-0.3, -0.25) is 0 Å². The zero-order chi connectivity index (χ0) is 8.27. The van der Waals surface area contributed by atoms with Crippen molar-refractivity contribution in [2.75, 3.05) is 18.6 Å². The van der Waals surface area contributed by atoms with Crippen LogP contribution in [0.5, 0.6) is 0 Å². The number of rotatable bonds is 2. The minimum Gasteiger partial charge on any atom is -0.396 e. The van der Waals surface area contributed by atoms with Gasteiger partial charge in [-0.15, -0.1) is 5.10 Å². The number of aromatic nitrogens is 2. The standard InChI is InChI=1S/C6H10N4O/c1-11-3-4-2-5(7)6(8)10-9-4/h2H,3H2,1H3,(H2,7,9)(H2,8,10). The van der Waals surface area contributed by atoms with E-state index >= 15 is 0 Å². The molecule has 0 atom stereocenters. The molecule has 0 aliphatic heterocycles. The van der Waals surface area contributed by atoms with Crippen molar-refractivity contribution in [3.63, 3.8) is 0 Å². The van der Waals surface area contributed by atoms with E-state index in [1.807, 2.05) is 0 Å². The van der Waals surface area contributed by atoms with Gasteiger partial charge in [0.2, 0.25) is 0 Å². The zero-order valence-electron chi connectivity index (χ0n) is 6.24. The van der Waals surface area contributed by atoms with Crippen LogP contribution in [0.1, 0.15) is 5.69 Å². The van der Waals surface area contributed by atoms with Crippen molar-refractivity contribution in [3.8, 4) is 0 Å². The summed E-state index contributed by atoms with van der Waals surface area (Å²) in [6.07, 6.45) is 0. The first-order chi connectivity index (χ1) is 5.24. The molecule has 0 spiro atoms. The number of hydrogen-bond donors (Lipinski definition) is 2. The van der Waals surface area contributed by atoms with Crippen molar-refractivity contribution in [3.05, 3.63) is 11.8 Å². The number of ether oxygens (including phenoxy) is 1. The molecule has 4 N–H and O–H groups in total. The molecular weight excluding hydrogens is 144 g/mol. The highest BCUT2D eigenvalue weighted by molar-refractivity contribution is 5.56. The minimum absolute atomic E-state index is 0.254. The molecule has 1 rings (SSSR count). The summed E-state index contributed by atoms with van der Waals surface area (Å²) < 4.78 is 4.82. The molecule has 0 radical (unpaired) electrons. The van der Waals surface area contributed by atoms with Crippen LogP contribution in [0.15, 0.2) is 6.07 Å². The predicted molar refractivity (Wildman–Crippen MR) is 41.6 cm³/mol. The summed E-state index contributed by atoms with van der Waals surface area (Å²) in [5, 5.41) is 7.37. The summed E-state index contributed by atoms with van der Waals surface area (Å²) in [7, 11) is 1.58. The van der Waals surface area contributed by atoms with E-state index in [0.717, 1.165) is 0 Å². The van der Waals surface area contributed by atoms with Crippen molar-refractivity contribution < 1.29 is 4.74 Å². The van der Waals surface area contributed by atoms with Gasteiger partial charge < -0.3 is 16.2 Å². The highest BCUT2D eigenvalue weighted by Crippen LogP contribution is 2.09. The summed E-state index contributed by atoms with van der Waals surface area (Å²) in [5.74, 6) is 0.254. The van der Waals surface area contributed by atoms with E-state index in [9.17, 15) is 0 Å². The van der Waals surface area contributed by atoms with E-state index in [1.54, 1.807) is 13.2 Å². The smallest absolute Gasteiger partial charge is 0.169 e. The van der Waals surface area contributed by atoms with Gasteiger partial charge in [-0.1, -0.05) is 0 Å². The minimum atomic E-state index is 0.254. The maximum absolute atomic E-state index is 5.47. The maximum Gasteiger partial charge on any atom is 0.169 e. The molecule has 60 valence electrons. The molecule has 0 aliphatic carbocycles.